The fourth-order valence-corrected chi connectivity index (χ4v) is 6.10. The lowest BCUT2D eigenvalue weighted by atomic mass is 9.99. The smallest absolute Gasteiger partial charge is 0.264 e. The highest BCUT2D eigenvalue weighted by Gasteiger charge is 2.28. The molecule has 0 radical (unpaired) electrons. The van der Waals surface area contributed by atoms with E-state index in [0.29, 0.717) is 11.7 Å². The zero-order valence-electron chi connectivity index (χ0n) is 22.4. The molecule has 3 aromatic rings. The minimum absolute atomic E-state index is 0.0973. The van der Waals surface area contributed by atoms with E-state index in [9.17, 15) is 17.6 Å². The summed E-state index contributed by atoms with van der Waals surface area (Å²) in [5, 5.41) is 2.80. The van der Waals surface area contributed by atoms with Crippen molar-refractivity contribution in [2.24, 2.45) is 5.92 Å². The molecule has 0 bridgehead atoms. The second kappa shape index (κ2) is 12.4. The van der Waals surface area contributed by atoms with Crippen molar-refractivity contribution in [3.63, 3.8) is 0 Å². The maximum Gasteiger partial charge on any atom is 0.264 e. The third-order valence-electron chi connectivity index (χ3n) is 6.79. The van der Waals surface area contributed by atoms with Gasteiger partial charge < -0.3 is 19.7 Å². The van der Waals surface area contributed by atoms with Crippen molar-refractivity contribution >= 4 is 27.3 Å². The van der Waals surface area contributed by atoms with Crippen LogP contribution in [0.2, 0.25) is 0 Å². The maximum atomic E-state index is 13.7. The van der Waals surface area contributed by atoms with E-state index < -0.39 is 28.3 Å². The summed E-state index contributed by atoms with van der Waals surface area (Å²) in [5.74, 6) is 0.233. The minimum Gasteiger partial charge on any atom is -0.493 e. The standard InChI is InChI=1S/C29H34FN3O5S/c1-21-5-4-16-32(19-21)24-10-6-22(7-11-24)18-31-29(34)20-33(25-12-8-23(30)9-13-25)39(35,36)26-14-15-27(37-2)28(17-26)38-3/h6-15,17,21H,4-5,16,18-20H2,1-3H3,(H,31,34). The summed E-state index contributed by atoms with van der Waals surface area (Å²) in [6.45, 7) is 4.07. The summed E-state index contributed by atoms with van der Waals surface area (Å²) in [6.07, 6.45) is 2.42. The van der Waals surface area contributed by atoms with Crippen LogP contribution in [0.4, 0.5) is 15.8 Å². The van der Waals surface area contributed by atoms with Gasteiger partial charge in [0.15, 0.2) is 11.5 Å². The molecule has 39 heavy (non-hydrogen) atoms. The van der Waals surface area contributed by atoms with Crippen molar-refractivity contribution in [2.45, 2.75) is 31.2 Å². The van der Waals surface area contributed by atoms with Crippen molar-refractivity contribution < 1.29 is 27.1 Å². The second-order valence-corrected chi connectivity index (χ2v) is 11.5. The predicted molar refractivity (Wildman–Crippen MR) is 149 cm³/mol. The molecule has 1 amide bonds. The average molecular weight is 556 g/mol. The number of carbonyl (C=O) groups excluding carboxylic acids is 1. The number of amides is 1. The summed E-state index contributed by atoms with van der Waals surface area (Å²) in [6, 6.07) is 17.1. The SMILES string of the molecule is COc1ccc(S(=O)(=O)N(CC(=O)NCc2ccc(N3CCCC(C)C3)cc2)c2ccc(F)cc2)cc1OC. The summed E-state index contributed by atoms with van der Waals surface area (Å²) < 4.78 is 52.3. The number of benzene rings is 3. The Bertz CT molecular complexity index is 1380. The Kier molecular flexibility index (Phi) is 8.96. The van der Waals surface area contributed by atoms with Gasteiger partial charge in [0, 0.05) is 31.4 Å². The van der Waals surface area contributed by atoms with E-state index in [0.717, 1.165) is 40.8 Å². The van der Waals surface area contributed by atoms with Gasteiger partial charge in [-0.3, -0.25) is 9.10 Å². The highest BCUT2D eigenvalue weighted by molar-refractivity contribution is 7.92. The van der Waals surface area contributed by atoms with E-state index in [4.69, 9.17) is 9.47 Å². The summed E-state index contributed by atoms with van der Waals surface area (Å²) >= 11 is 0. The number of halogens is 1. The van der Waals surface area contributed by atoms with Gasteiger partial charge in [-0.25, -0.2) is 12.8 Å². The topological polar surface area (TPSA) is 88.2 Å². The number of ether oxygens (including phenoxy) is 2. The molecule has 1 aliphatic rings. The zero-order chi connectivity index (χ0) is 28.0. The number of anilines is 2. The van der Waals surface area contributed by atoms with Gasteiger partial charge in [0.2, 0.25) is 5.91 Å². The van der Waals surface area contributed by atoms with Crippen LogP contribution in [0.1, 0.15) is 25.3 Å². The Balaban J connectivity index is 1.49. The maximum absolute atomic E-state index is 13.7. The molecule has 1 heterocycles. The van der Waals surface area contributed by atoms with E-state index >= 15 is 0 Å². The van der Waals surface area contributed by atoms with Crippen molar-refractivity contribution in [2.75, 3.05) is 43.1 Å². The Hall–Kier alpha value is -3.79. The lowest BCUT2D eigenvalue weighted by Gasteiger charge is -2.32. The van der Waals surface area contributed by atoms with Gasteiger partial charge in [-0.1, -0.05) is 19.1 Å². The molecule has 10 heteroatoms. The molecule has 0 spiro atoms. The molecule has 1 unspecified atom stereocenters. The van der Waals surface area contributed by atoms with Crippen LogP contribution < -0.4 is 24.0 Å². The van der Waals surface area contributed by atoms with Crippen LogP contribution in [0.25, 0.3) is 0 Å². The van der Waals surface area contributed by atoms with E-state index in [-0.39, 0.29) is 22.9 Å². The summed E-state index contributed by atoms with van der Waals surface area (Å²) in [4.78, 5) is 15.2. The van der Waals surface area contributed by atoms with Crippen LogP contribution in [-0.4, -0.2) is 48.2 Å². The number of carbonyl (C=O) groups is 1. The van der Waals surface area contributed by atoms with E-state index in [1.165, 1.54) is 57.4 Å². The predicted octanol–water partition coefficient (Wildman–Crippen LogP) is 4.59. The summed E-state index contributed by atoms with van der Waals surface area (Å²) in [7, 11) is -1.37. The molecule has 1 N–H and O–H groups in total. The monoisotopic (exact) mass is 555 g/mol. The summed E-state index contributed by atoms with van der Waals surface area (Å²) in [5.41, 5.74) is 2.20. The van der Waals surface area contributed by atoms with Crippen LogP contribution >= 0.6 is 0 Å². The first-order chi connectivity index (χ1) is 18.7. The third kappa shape index (κ3) is 6.81. The van der Waals surface area contributed by atoms with Gasteiger partial charge in [-0.15, -0.1) is 0 Å². The highest BCUT2D eigenvalue weighted by Crippen LogP contribution is 2.32. The number of hydrogen-bond donors (Lipinski definition) is 1. The normalized spacial score (nSPS) is 15.5. The molecular weight excluding hydrogens is 521 g/mol. The number of piperidine rings is 1. The number of hydrogen-bond acceptors (Lipinski definition) is 6. The van der Waals surface area contributed by atoms with Crippen molar-refractivity contribution in [1.82, 2.24) is 5.32 Å². The first kappa shape index (κ1) is 28.2. The second-order valence-electron chi connectivity index (χ2n) is 9.64. The number of nitrogens with one attached hydrogen (secondary N) is 1. The zero-order valence-corrected chi connectivity index (χ0v) is 23.2. The lowest BCUT2D eigenvalue weighted by Crippen LogP contribution is -2.40. The highest BCUT2D eigenvalue weighted by atomic mass is 32.2. The average Bonchev–Trinajstić information content (AvgIpc) is 2.95. The van der Waals surface area contributed by atoms with Crippen LogP contribution in [0.3, 0.4) is 0 Å². The lowest BCUT2D eigenvalue weighted by molar-refractivity contribution is -0.119. The van der Waals surface area contributed by atoms with Crippen molar-refractivity contribution in [3.8, 4) is 11.5 Å². The molecule has 4 rings (SSSR count). The van der Waals surface area contributed by atoms with Crippen LogP contribution in [0, 0.1) is 11.7 Å². The van der Waals surface area contributed by atoms with E-state index in [1.807, 2.05) is 24.3 Å². The van der Waals surface area contributed by atoms with Gasteiger partial charge in [0.05, 0.1) is 24.8 Å². The van der Waals surface area contributed by atoms with Gasteiger partial charge >= 0.3 is 0 Å². The number of nitrogens with zero attached hydrogens (tertiary/aromatic N) is 2. The molecule has 208 valence electrons. The molecular formula is C29H34FN3O5S. The molecule has 1 fully saturated rings. The van der Waals surface area contributed by atoms with E-state index in [2.05, 4.69) is 17.1 Å². The quantitative estimate of drug-likeness (QED) is 0.394. The largest absolute Gasteiger partial charge is 0.493 e. The molecule has 1 aliphatic heterocycles. The van der Waals surface area contributed by atoms with Crippen LogP contribution in [-0.2, 0) is 21.4 Å². The molecule has 0 aliphatic carbocycles. The van der Waals surface area contributed by atoms with Crippen molar-refractivity contribution in [1.29, 1.82) is 0 Å². The van der Waals surface area contributed by atoms with Gasteiger partial charge in [0.25, 0.3) is 10.0 Å². The molecule has 8 nitrogen and oxygen atoms in total. The van der Waals surface area contributed by atoms with Crippen molar-refractivity contribution in [3.05, 3.63) is 78.1 Å². The van der Waals surface area contributed by atoms with Gasteiger partial charge in [-0.05, 0) is 72.9 Å². The molecule has 0 saturated carbocycles. The van der Waals surface area contributed by atoms with E-state index in [1.54, 1.807) is 0 Å². The van der Waals surface area contributed by atoms with Gasteiger partial charge in [-0.2, -0.15) is 0 Å². The Labute approximate surface area is 229 Å². The van der Waals surface area contributed by atoms with Gasteiger partial charge in [0.1, 0.15) is 12.4 Å². The number of sulfonamides is 1. The fourth-order valence-electron chi connectivity index (χ4n) is 4.66. The van der Waals surface area contributed by atoms with Crippen LogP contribution in [0.15, 0.2) is 71.6 Å². The Morgan fingerprint density at radius 2 is 1.72 bits per heavy atom. The first-order valence-corrected chi connectivity index (χ1v) is 14.3. The molecule has 3 aromatic carbocycles. The Morgan fingerprint density at radius 1 is 1.03 bits per heavy atom. The molecule has 0 aromatic heterocycles. The number of methoxy groups -OCH3 is 2. The number of rotatable bonds is 10. The minimum atomic E-state index is -4.22. The third-order valence-corrected chi connectivity index (χ3v) is 8.56. The molecule has 1 atom stereocenters. The van der Waals surface area contributed by atoms with Crippen LogP contribution in [0.5, 0.6) is 11.5 Å². The first-order valence-electron chi connectivity index (χ1n) is 12.8. The fraction of sp³-hybridized carbons (Fsp3) is 0.345. The molecule has 1 saturated heterocycles. The Morgan fingerprint density at radius 3 is 2.36 bits per heavy atom.